The second kappa shape index (κ2) is 4.93. The monoisotopic (exact) mass is 276 g/mol. The van der Waals surface area contributed by atoms with Crippen molar-refractivity contribution in [1.82, 2.24) is 19.7 Å². The van der Waals surface area contributed by atoms with Crippen molar-refractivity contribution >= 4 is 16.9 Å². The maximum atomic E-state index is 9.25. The fourth-order valence-electron chi connectivity index (χ4n) is 2.31. The highest BCUT2D eigenvalue weighted by atomic mass is 16.5. The van der Waals surface area contributed by atoms with Gasteiger partial charge in [0.1, 0.15) is 12.1 Å². The van der Waals surface area contributed by atoms with Crippen LogP contribution in [0.3, 0.4) is 0 Å². The number of azide groups is 1. The largest absolute Gasteiger partial charge is 0.394 e. The minimum absolute atomic E-state index is 0.226. The SMILES string of the molecule is [N-]=[N+]=N[C@H]1C[C@@H](n2ncc3c(N)ncnc32)O[C@@H]1CO. The number of nitrogens with two attached hydrogens (primary N) is 1. The first-order valence-corrected chi connectivity index (χ1v) is 5.98. The van der Waals surface area contributed by atoms with Crippen molar-refractivity contribution in [3.8, 4) is 0 Å². The molecule has 0 spiro atoms. The van der Waals surface area contributed by atoms with Gasteiger partial charge in [-0.05, 0) is 5.53 Å². The average Bonchev–Trinajstić information content (AvgIpc) is 3.03. The van der Waals surface area contributed by atoms with Gasteiger partial charge < -0.3 is 15.6 Å². The lowest BCUT2D eigenvalue weighted by atomic mass is 10.1. The van der Waals surface area contributed by atoms with Crippen molar-refractivity contribution in [2.24, 2.45) is 5.11 Å². The van der Waals surface area contributed by atoms with E-state index in [1.54, 1.807) is 10.9 Å². The number of rotatable bonds is 3. The van der Waals surface area contributed by atoms with Gasteiger partial charge in [-0.3, -0.25) is 0 Å². The highest BCUT2D eigenvalue weighted by molar-refractivity contribution is 5.84. The van der Waals surface area contributed by atoms with Crippen LogP contribution in [0.25, 0.3) is 21.5 Å². The number of hydrogen-bond acceptors (Lipinski definition) is 7. The van der Waals surface area contributed by atoms with Gasteiger partial charge in [-0.2, -0.15) is 5.10 Å². The summed E-state index contributed by atoms with van der Waals surface area (Å²) >= 11 is 0. The molecule has 10 heteroatoms. The molecule has 1 aliphatic rings. The number of anilines is 1. The van der Waals surface area contributed by atoms with Gasteiger partial charge >= 0.3 is 0 Å². The average molecular weight is 276 g/mol. The van der Waals surface area contributed by atoms with Gasteiger partial charge in [0.2, 0.25) is 0 Å². The van der Waals surface area contributed by atoms with E-state index in [0.717, 1.165) is 0 Å². The molecule has 10 nitrogen and oxygen atoms in total. The third-order valence-electron chi connectivity index (χ3n) is 3.28. The Balaban J connectivity index is 1.96. The van der Waals surface area contributed by atoms with Crippen LogP contribution in [0.2, 0.25) is 0 Å². The molecule has 0 bridgehead atoms. The van der Waals surface area contributed by atoms with E-state index in [-0.39, 0.29) is 6.61 Å². The van der Waals surface area contributed by atoms with Crippen LogP contribution in [-0.4, -0.2) is 43.6 Å². The minimum atomic E-state index is -0.547. The van der Waals surface area contributed by atoms with E-state index in [2.05, 4.69) is 25.1 Å². The van der Waals surface area contributed by atoms with E-state index in [0.29, 0.717) is 23.3 Å². The Morgan fingerprint density at radius 3 is 3.20 bits per heavy atom. The summed E-state index contributed by atoms with van der Waals surface area (Å²) in [5, 5.41) is 17.7. The van der Waals surface area contributed by atoms with Crippen LogP contribution in [0.5, 0.6) is 0 Å². The first-order valence-electron chi connectivity index (χ1n) is 5.98. The summed E-state index contributed by atoms with van der Waals surface area (Å²) in [4.78, 5) is 10.8. The van der Waals surface area contributed by atoms with E-state index in [1.165, 1.54) is 6.33 Å². The Morgan fingerprint density at radius 2 is 2.45 bits per heavy atom. The quantitative estimate of drug-likeness (QED) is 0.470. The first kappa shape index (κ1) is 12.6. The first-order chi connectivity index (χ1) is 9.74. The molecule has 3 N–H and O–H groups in total. The Labute approximate surface area is 112 Å². The second-order valence-electron chi connectivity index (χ2n) is 4.41. The lowest BCUT2D eigenvalue weighted by Gasteiger charge is -2.13. The molecule has 0 unspecified atom stereocenters. The molecule has 1 saturated heterocycles. The third kappa shape index (κ3) is 1.92. The molecule has 2 aromatic heterocycles. The molecule has 3 atom stereocenters. The fraction of sp³-hybridized carbons (Fsp3) is 0.500. The van der Waals surface area contributed by atoms with Gasteiger partial charge in [0.25, 0.3) is 0 Å². The van der Waals surface area contributed by atoms with E-state index >= 15 is 0 Å². The lowest BCUT2D eigenvalue weighted by molar-refractivity contribution is -0.0286. The Hall–Kier alpha value is -2.42. The third-order valence-corrected chi connectivity index (χ3v) is 3.28. The van der Waals surface area contributed by atoms with Crippen LogP contribution in [0, 0.1) is 0 Å². The highest BCUT2D eigenvalue weighted by Gasteiger charge is 2.36. The van der Waals surface area contributed by atoms with E-state index in [9.17, 15) is 5.11 Å². The molecule has 104 valence electrons. The van der Waals surface area contributed by atoms with Crippen LogP contribution in [0.1, 0.15) is 12.6 Å². The van der Waals surface area contributed by atoms with E-state index < -0.39 is 18.4 Å². The Kier molecular flexibility index (Phi) is 3.11. The summed E-state index contributed by atoms with van der Waals surface area (Å²) < 4.78 is 7.21. The maximum absolute atomic E-state index is 9.25. The van der Waals surface area contributed by atoms with E-state index in [4.69, 9.17) is 16.0 Å². The van der Waals surface area contributed by atoms with Crippen molar-refractivity contribution in [3.63, 3.8) is 0 Å². The summed E-state index contributed by atoms with van der Waals surface area (Å²) in [6, 6.07) is -0.437. The van der Waals surface area contributed by atoms with Gasteiger partial charge in [0.05, 0.1) is 30.3 Å². The number of hydrogen-bond donors (Lipinski definition) is 2. The zero-order chi connectivity index (χ0) is 14.1. The zero-order valence-corrected chi connectivity index (χ0v) is 10.4. The highest BCUT2D eigenvalue weighted by Crippen LogP contribution is 2.32. The van der Waals surface area contributed by atoms with Crippen LogP contribution in [-0.2, 0) is 4.74 Å². The molecule has 20 heavy (non-hydrogen) atoms. The number of aliphatic hydroxyl groups excluding tert-OH is 1. The number of nitrogens with zero attached hydrogens (tertiary/aromatic N) is 7. The van der Waals surface area contributed by atoms with Crippen molar-refractivity contribution < 1.29 is 9.84 Å². The molecular weight excluding hydrogens is 264 g/mol. The summed E-state index contributed by atoms with van der Waals surface area (Å²) in [5.41, 5.74) is 14.8. The standard InChI is InChI=1S/C10H12N8O2/c11-9-5-2-15-18(10(5)14-4-13-9)8-1-6(16-17-12)7(3-19)20-8/h2,4,6-8,19H,1,3H2,(H2,11,13,14)/t6-,7+,8-/m0/s1. The molecule has 1 fully saturated rings. The lowest BCUT2D eigenvalue weighted by Crippen LogP contribution is -2.23. The number of aromatic nitrogens is 4. The minimum Gasteiger partial charge on any atom is -0.394 e. The molecule has 0 aromatic carbocycles. The topological polar surface area (TPSA) is 148 Å². The van der Waals surface area contributed by atoms with Gasteiger partial charge in [0, 0.05) is 11.3 Å². The summed E-state index contributed by atoms with van der Waals surface area (Å²) in [6.45, 7) is -0.226. The normalized spacial score (nSPS) is 25.8. The number of nitrogen functional groups attached to an aromatic ring is 1. The Bertz CT molecular complexity index is 679. The summed E-state index contributed by atoms with van der Waals surface area (Å²) in [5.74, 6) is 0.338. The number of fused-ring (bicyclic) bond motifs is 1. The van der Waals surface area contributed by atoms with Crippen molar-refractivity contribution in [2.75, 3.05) is 12.3 Å². The van der Waals surface area contributed by atoms with Gasteiger partial charge in [0.15, 0.2) is 11.9 Å². The fourth-order valence-corrected chi connectivity index (χ4v) is 2.31. The molecule has 1 aliphatic heterocycles. The number of aliphatic hydroxyl groups is 1. The zero-order valence-electron chi connectivity index (χ0n) is 10.4. The molecule has 0 amide bonds. The van der Waals surface area contributed by atoms with E-state index in [1.807, 2.05) is 0 Å². The van der Waals surface area contributed by atoms with Gasteiger partial charge in [-0.25, -0.2) is 14.6 Å². The van der Waals surface area contributed by atoms with Crippen LogP contribution < -0.4 is 5.73 Å². The van der Waals surface area contributed by atoms with Crippen LogP contribution >= 0.6 is 0 Å². The van der Waals surface area contributed by atoms with Crippen molar-refractivity contribution in [3.05, 3.63) is 23.0 Å². The molecule has 0 aliphatic carbocycles. The Morgan fingerprint density at radius 1 is 1.60 bits per heavy atom. The predicted molar refractivity (Wildman–Crippen MR) is 68.3 cm³/mol. The second-order valence-corrected chi connectivity index (χ2v) is 4.41. The van der Waals surface area contributed by atoms with Crippen molar-refractivity contribution in [2.45, 2.75) is 24.8 Å². The molecule has 3 rings (SSSR count). The van der Waals surface area contributed by atoms with Crippen LogP contribution in [0.4, 0.5) is 5.82 Å². The smallest absolute Gasteiger partial charge is 0.165 e. The summed E-state index contributed by atoms with van der Waals surface area (Å²) in [7, 11) is 0. The molecule has 0 radical (unpaired) electrons. The maximum Gasteiger partial charge on any atom is 0.165 e. The van der Waals surface area contributed by atoms with Gasteiger partial charge in [-0.1, -0.05) is 5.11 Å². The molecule has 2 aromatic rings. The summed E-state index contributed by atoms with van der Waals surface area (Å²) in [6.07, 6.45) is 2.31. The molecular formula is C10H12N8O2. The number of ether oxygens (including phenoxy) is 1. The van der Waals surface area contributed by atoms with Gasteiger partial charge in [-0.15, -0.1) is 0 Å². The van der Waals surface area contributed by atoms with Crippen molar-refractivity contribution in [1.29, 1.82) is 0 Å². The predicted octanol–water partition coefficient (Wildman–Crippen LogP) is 0.367. The molecule has 0 saturated carbocycles. The molecule has 3 heterocycles. The van der Waals surface area contributed by atoms with Crippen LogP contribution in [0.15, 0.2) is 17.6 Å².